The van der Waals surface area contributed by atoms with E-state index in [0.29, 0.717) is 16.1 Å². The minimum atomic E-state index is -4.31. The average Bonchev–Trinajstić information content (AvgIpc) is 2.27. The number of ether oxygens (including phenoxy) is 2. The van der Waals surface area contributed by atoms with Crippen molar-refractivity contribution in [2.24, 2.45) is 0 Å². The lowest BCUT2D eigenvalue weighted by atomic mass is 10.2. The van der Waals surface area contributed by atoms with E-state index in [9.17, 15) is 13.2 Å². The first-order valence-electron chi connectivity index (χ1n) is 5.04. The zero-order chi connectivity index (χ0) is 13.6. The van der Waals surface area contributed by atoms with E-state index in [1.165, 1.54) is 0 Å². The summed E-state index contributed by atoms with van der Waals surface area (Å²) in [6.07, 6.45) is -4.31. The Labute approximate surface area is 116 Å². The molecule has 1 rings (SSSR count). The Morgan fingerprint density at radius 3 is 2.56 bits per heavy atom. The molecule has 0 atom stereocenters. The van der Waals surface area contributed by atoms with Crippen molar-refractivity contribution < 1.29 is 22.6 Å². The van der Waals surface area contributed by atoms with Gasteiger partial charge in [0.25, 0.3) is 0 Å². The minimum absolute atomic E-state index is 0.0381. The van der Waals surface area contributed by atoms with Gasteiger partial charge >= 0.3 is 6.18 Å². The van der Waals surface area contributed by atoms with Crippen molar-refractivity contribution in [1.82, 2.24) is 0 Å². The molecule has 0 heterocycles. The fourth-order valence-corrected chi connectivity index (χ4v) is 2.17. The van der Waals surface area contributed by atoms with Gasteiger partial charge in [-0.3, -0.25) is 0 Å². The molecule has 7 heteroatoms. The first-order valence-corrected chi connectivity index (χ1v) is 6.54. The third kappa shape index (κ3) is 5.46. The molecule has 0 spiro atoms. The molecule has 0 N–H and O–H groups in total. The van der Waals surface area contributed by atoms with E-state index in [2.05, 4.69) is 20.7 Å². The van der Waals surface area contributed by atoms with E-state index in [4.69, 9.17) is 16.3 Å². The Kier molecular flexibility index (Phi) is 6.25. The van der Waals surface area contributed by atoms with Crippen LogP contribution in [-0.4, -0.2) is 26.0 Å². The predicted octanol–water partition coefficient (Wildman–Crippen LogP) is 4.19. The van der Waals surface area contributed by atoms with E-state index in [1.807, 2.05) is 0 Å². The van der Waals surface area contributed by atoms with Crippen LogP contribution in [0.4, 0.5) is 13.2 Å². The second-order valence-electron chi connectivity index (χ2n) is 3.37. The van der Waals surface area contributed by atoms with Crippen LogP contribution < -0.4 is 4.74 Å². The number of halogens is 5. The molecule has 0 fully saturated rings. The summed E-state index contributed by atoms with van der Waals surface area (Å²) in [5.41, 5.74) is 0.759. The molecular weight excluding hydrogens is 336 g/mol. The SMILES string of the molecule is FC(F)(F)COCCOc1cccc(Cl)c1CBr. The van der Waals surface area contributed by atoms with Crippen LogP contribution >= 0.6 is 27.5 Å². The summed E-state index contributed by atoms with van der Waals surface area (Å²) in [4.78, 5) is 0. The van der Waals surface area contributed by atoms with Crippen molar-refractivity contribution in [3.63, 3.8) is 0 Å². The zero-order valence-corrected chi connectivity index (χ0v) is 11.6. The van der Waals surface area contributed by atoms with E-state index >= 15 is 0 Å². The van der Waals surface area contributed by atoms with E-state index in [0.717, 1.165) is 5.56 Å². The largest absolute Gasteiger partial charge is 0.491 e. The molecule has 18 heavy (non-hydrogen) atoms. The van der Waals surface area contributed by atoms with Crippen molar-refractivity contribution >= 4 is 27.5 Å². The van der Waals surface area contributed by atoms with Gasteiger partial charge in [-0.15, -0.1) is 0 Å². The quantitative estimate of drug-likeness (QED) is 0.567. The summed E-state index contributed by atoms with van der Waals surface area (Å²) < 4.78 is 45.1. The van der Waals surface area contributed by atoms with Crippen LogP contribution in [0.15, 0.2) is 18.2 Å². The Morgan fingerprint density at radius 2 is 1.94 bits per heavy atom. The van der Waals surface area contributed by atoms with Crippen molar-refractivity contribution in [1.29, 1.82) is 0 Å². The molecule has 102 valence electrons. The highest BCUT2D eigenvalue weighted by molar-refractivity contribution is 9.08. The highest BCUT2D eigenvalue weighted by Gasteiger charge is 2.27. The molecule has 1 aromatic carbocycles. The van der Waals surface area contributed by atoms with Crippen LogP contribution in [0.25, 0.3) is 0 Å². The predicted molar refractivity (Wildman–Crippen MR) is 66.5 cm³/mol. The molecule has 0 aliphatic heterocycles. The van der Waals surface area contributed by atoms with E-state index in [1.54, 1.807) is 18.2 Å². The number of alkyl halides is 4. The lowest BCUT2D eigenvalue weighted by Crippen LogP contribution is -2.19. The molecule has 0 aliphatic carbocycles. The van der Waals surface area contributed by atoms with Gasteiger partial charge in [-0.05, 0) is 12.1 Å². The Morgan fingerprint density at radius 1 is 1.22 bits per heavy atom. The second kappa shape index (κ2) is 7.21. The molecule has 0 aliphatic rings. The molecule has 0 saturated heterocycles. The maximum Gasteiger partial charge on any atom is 0.411 e. The van der Waals surface area contributed by atoms with Crippen LogP contribution in [0.1, 0.15) is 5.56 Å². The van der Waals surface area contributed by atoms with Gasteiger partial charge in [-0.1, -0.05) is 33.6 Å². The van der Waals surface area contributed by atoms with E-state index < -0.39 is 12.8 Å². The summed E-state index contributed by atoms with van der Waals surface area (Å²) in [6.45, 7) is -1.36. The maximum absolute atomic E-state index is 11.8. The average molecular weight is 348 g/mol. The molecule has 0 amide bonds. The molecule has 0 saturated carbocycles. The van der Waals surface area contributed by atoms with Crippen molar-refractivity contribution in [2.75, 3.05) is 19.8 Å². The maximum atomic E-state index is 11.8. The van der Waals surface area contributed by atoms with Gasteiger partial charge in [0.2, 0.25) is 0 Å². The van der Waals surface area contributed by atoms with Gasteiger partial charge in [-0.2, -0.15) is 13.2 Å². The van der Waals surface area contributed by atoms with Gasteiger partial charge in [-0.25, -0.2) is 0 Å². The molecule has 0 unspecified atom stereocenters. The first kappa shape index (κ1) is 15.6. The summed E-state index contributed by atoms with van der Waals surface area (Å²) in [5.74, 6) is 0.537. The Balaban J connectivity index is 2.38. The zero-order valence-electron chi connectivity index (χ0n) is 9.27. The van der Waals surface area contributed by atoms with Crippen LogP contribution in [0.2, 0.25) is 5.02 Å². The number of hydrogen-bond acceptors (Lipinski definition) is 2. The molecule has 0 bridgehead atoms. The van der Waals surface area contributed by atoms with Crippen LogP contribution in [0.3, 0.4) is 0 Å². The monoisotopic (exact) mass is 346 g/mol. The Hall–Kier alpha value is -0.460. The normalized spacial score (nSPS) is 11.6. The van der Waals surface area contributed by atoms with Crippen LogP contribution in [-0.2, 0) is 10.1 Å². The fraction of sp³-hybridized carbons (Fsp3) is 0.455. The number of rotatable bonds is 6. The molecule has 0 radical (unpaired) electrons. The minimum Gasteiger partial charge on any atom is -0.491 e. The van der Waals surface area contributed by atoms with Gasteiger partial charge < -0.3 is 9.47 Å². The highest BCUT2D eigenvalue weighted by Crippen LogP contribution is 2.28. The van der Waals surface area contributed by atoms with Crippen LogP contribution in [0.5, 0.6) is 5.75 Å². The number of hydrogen-bond donors (Lipinski definition) is 0. The summed E-state index contributed by atoms with van der Waals surface area (Å²) in [6, 6.07) is 5.12. The third-order valence-corrected chi connectivity index (χ3v) is 2.88. The topological polar surface area (TPSA) is 18.5 Å². The summed E-state index contributed by atoms with van der Waals surface area (Å²) in [7, 11) is 0. The van der Waals surface area contributed by atoms with Crippen molar-refractivity contribution in [3.8, 4) is 5.75 Å². The van der Waals surface area contributed by atoms with Gasteiger partial charge in [0.1, 0.15) is 19.0 Å². The fourth-order valence-electron chi connectivity index (χ4n) is 1.20. The lowest BCUT2D eigenvalue weighted by Gasteiger charge is -2.12. The van der Waals surface area contributed by atoms with Gasteiger partial charge in [0, 0.05) is 15.9 Å². The van der Waals surface area contributed by atoms with E-state index in [-0.39, 0.29) is 13.2 Å². The molecule has 0 aromatic heterocycles. The lowest BCUT2D eigenvalue weighted by molar-refractivity contribution is -0.175. The molecular formula is C11H11BrClF3O2. The van der Waals surface area contributed by atoms with Crippen LogP contribution in [0, 0.1) is 0 Å². The smallest absolute Gasteiger partial charge is 0.411 e. The van der Waals surface area contributed by atoms with Crippen molar-refractivity contribution in [3.05, 3.63) is 28.8 Å². The molecule has 2 nitrogen and oxygen atoms in total. The highest BCUT2D eigenvalue weighted by atomic mass is 79.9. The molecule has 1 aromatic rings. The summed E-state index contributed by atoms with van der Waals surface area (Å²) in [5, 5.41) is 1.05. The van der Waals surface area contributed by atoms with Gasteiger partial charge in [0.15, 0.2) is 0 Å². The number of benzene rings is 1. The summed E-state index contributed by atoms with van der Waals surface area (Å²) >= 11 is 9.20. The van der Waals surface area contributed by atoms with Crippen molar-refractivity contribution in [2.45, 2.75) is 11.5 Å². The first-order chi connectivity index (χ1) is 8.44. The second-order valence-corrected chi connectivity index (χ2v) is 4.33. The third-order valence-electron chi connectivity index (χ3n) is 1.96. The van der Waals surface area contributed by atoms with Gasteiger partial charge in [0.05, 0.1) is 6.61 Å². The Bertz CT molecular complexity index is 385. The standard InChI is InChI=1S/C11H11BrClF3O2/c12-6-8-9(13)2-1-3-10(8)18-5-4-17-7-11(14,15)16/h1-3H,4-7H2.